The summed E-state index contributed by atoms with van der Waals surface area (Å²) in [5.74, 6) is 1.57. The third-order valence-corrected chi connectivity index (χ3v) is 10.8. The molecule has 1 saturated heterocycles. The Labute approximate surface area is 222 Å². The highest BCUT2D eigenvalue weighted by Gasteiger charge is 2.72. The number of aliphatic hydroxyl groups is 1. The minimum atomic E-state index is -0.949. The lowest BCUT2D eigenvalue weighted by molar-refractivity contribution is -0.173. The molecule has 2 bridgehead atoms. The number of phenolic OH excluding ortho intramolecular Hbond substituents is 1. The number of phenols is 1. The van der Waals surface area contributed by atoms with Crippen LogP contribution in [-0.2, 0) is 24.7 Å². The van der Waals surface area contributed by atoms with Gasteiger partial charge in [-0.25, -0.2) is 0 Å². The van der Waals surface area contributed by atoms with Gasteiger partial charge < -0.3 is 19.9 Å². The van der Waals surface area contributed by atoms with Crippen LogP contribution in [-0.4, -0.2) is 44.8 Å². The van der Waals surface area contributed by atoms with Gasteiger partial charge in [0.05, 0.1) is 22.2 Å². The van der Waals surface area contributed by atoms with Crippen molar-refractivity contribution in [2.75, 3.05) is 13.1 Å². The lowest BCUT2D eigenvalue weighted by atomic mass is 9.49. The van der Waals surface area contributed by atoms with Gasteiger partial charge in [-0.3, -0.25) is 4.90 Å². The molecule has 2 fully saturated rings. The fraction of sp³-hybridized carbons (Fsp3) is 0.455. The van der Waals surface area contributed by atoms with E-state index in [0.29, 0.717) is 12.2 Å². The van der Waals surface area contributed by atoms with Gasteiger partial charge in [-0.1, -0.05) is 43.7 Å². The largest absolute Gasteiger partial charge is 0.504 e. The Morgan fingerprint density at radius 3 is 2.76 bits per heavy atom. The molecule has 3 heterocycles. The highest BCUT2D eigenvalue weighted by Crippen LogP contribution is 2.69. The molecule has 3 aromatic carbocycles. The van der Waals surface area contributed by atoms with Crippen LogP contribution in [0.25, 0.3) is 21.7 Å². The number of aromatic nitrogens is 1. The van der Waals surface area contributed by atoms with Crippen LogP contribution in [0.5, 0.6) is 11.5 Å². The molecular weight excluding hydrogens is 472 g/mol. The van der Waals surface area contributed by atoms with E-state index in [4.69, 9.17) is 4.74 Å². The third kappa shape index (κ3) is 2.46. The second kappa shape index (κ2) is 7.13. The molecule has 38 heavy (non-hydrogen) atoms. The number of ether oxygens (including phenoxy) is 1. The number of rotatable bonds is 4. The Morgan fingerprint density at radius 1 is 1.11 bits per heavy atom. The Morgan fingerprint density at radius 2 is 1.95 bits per heavy atom. The van der Waals surface area contributed by atoms with Gasteiger partial charge >= 0.3 is 0 Å². The third-order valence-electron chi connectivity index (χ3n) is 10.8. The summed E-state index contributed by atoms with van der Waals surface area (Å²) in [6.45, 7) is 4.29. The fourth-order valence-corrected chi connectivity index (χ4v) is 9.01. The van der Waals surface area contributed by atoms with Crippen molar-refractivity contribution >= 4 is 21.7 Å². The van der Waals surface area contributed by atoms with E-state index in [1.54, 1.807) is 6.07 Å². The van der Waals surface area contributed by atoms with E-state index >= 15 is 0 Å². The first kappa shape index (κ1) is 21.9. The SMILES string of the molecule is CCCc1cc2c3c([nH]c2c2ccccc12)[C@@H]1Oc2c(O)ccc4c2[C@@]12CCN(CC1CC1)[C@H](C4)[C@]2(O)C3. The summed E-state index contributed by atoms with van der Waals surface area (Å²) in [5, 5.41) is 27.8. The van der Waals surface area contributed by atoms with E-state index in [0.717, 1.165) is 61.5 Å². The second-order valence-electron chi connectivity index (χ2n) is 12.7. The molecule has 4 atom stereocenters. The van der Waals surface area contributed by atoms with Gasteiger partial charge in [0.2, 0.25) is 0 Å². The number of nitrogens with one attached hydrogen (secondary N) is 1. The monoisotopic (exact) mass is 506 g/mol. The summed E-state index contributed by atoms with van der Waals surface area (Å²) in [7, 11) is 0. The van der Waals surface area contributed by atoms with E-state index < -0.39 is 11.0 Å². The molecule has 0 amide bonds. The topological polar surface area (TPSA) is 68.7 Å². The van der Waals surface area contributed by atoms with Crippen molar-refractivity contribution in [3.8, 4) is 11.5 Å². The van der Waals surface area contributed by atoms with Crippen LogP contribution >= 0.6 is 0 Å². The number of aromatic hydroxyl groups is 1. The van der Waals surface area contributed by atoms with E-state index in [-0.39, 0.29) is 17.9 Å². The molecule has 2 aliphatic heterocycles. The highest BCUT2D eigenvalue weighted by atomic mass is 16.5. The van der Waals surface area contributed by atoms with Crippen molar-refractivity contribution in [2.45, 2.75) is 75.0 Å². The quantitative estimate of drug-likeness (QED) is 0.333. The van der Waals surface area contributed by atoms with Crippen molar-refractivity contribution in [3.63, 3.8) is 0 Å². The molecule has 4 aromatic rings. The average Bonchev–Trinajstić information content (AvgIpc) is 3.56. The minimum Gasteiger partial charge on any atom is -0.504 e. The number of fused-ring (bicyclic) bond motifs is 6. The van der Waals surface area contributed by atoms with E-state index in [2.05, 4.69) is 53.2 Å². The Bertz CT molecular complexity index is 1670. The molecule has 3 N–H and O–H groups in total. The van der Waals surface area contributed by atoms with Crippen LogP contribution in [0.1, 0.15) is 66.7 Å². The summed E-state index contributed by atoms with van der Waals surface area (Å²) in [6, 6.07) is 15.0. The molecule has 1 aromatic heterocycles. The molecule has 5 heteroatoms. The van der Waals surface area contributed by atoms with Crippen LogP contribution in [0.3, 0.4) is 0 Å². The smallest absolute Gasteiger partial charge is 0.166 e. The van der Waals surface area contributed by atoms with Crippen molar-refractivity contribution in [1.82, 2.24) is 9.88 Å². The molecule has 5 nitrogen and oxygen atoms in total. The Balaban J connectivity index is 1.33. The number of nitrogens with zero attached hydrogens (tertiary/aromatic N) is 1. The van der Waals surface area contributed by atoms with Crippen LogP contribution in [0.15, 0.2) is 42.5 Å². The van der Waals surface area contributed by atoms with Crippen LogP contribution in [0.2, 0.25) is 0 Å². The zero-order chi connectivity index (χ0) is 25.4. The van der Waals surface area contributed by atoms with Gasteiger partial charge in [-0.15, -0.1) is 0 Å². The fourth-order valence-electron chi connectivity index (χ4n) is 9.01. The number of hydrogen-bond donors (Lipinski definition) is 3. The first-order valence-corrected chi connectivity index (χ1v) is 14.6. The number of likely N-dealkylation sites (tertiary alicyclic amines) is 1. The predicted molar refractivity (Wildman–Crippen MR) is 148 cm³/mol. The molecule has 1 saturated carbocycles. The van der Waals surface area contributed by atoms with Crippen molar-refractivity contribution < 1.29 is 14.9 Å². The number of piperidine rings is 1. The van der Waals surface area contributed by atoms with Crippen molar-refractivity contribution in [3.05, 3.63) is 70.4 Å². The maximum absolute atomic E-state index is 13.1. The molecule has 194 valence electrons. The molecule has 0 unspecified atom stereocenters. The minimum absolute atomic E-state index is 0.0552. The summed E-state index contributed by atoms with van der Waals surface area (Å²) in [5.41, 5.74) is 5.66. The first-order valence-electron chi connectivity index (χ1n) is 14.6. The molecule has 3 aliphatic carbocycles. The molecular formula is C33H34N2O3. The van der Waals surface area contributed by atoms with Gasteiger partial charge in [0.15, 0.2) is 17.6 Å². The predicted octanol–water partition coefficient (Wildman–Crippen LogP) is 5.68. The highest BCUT2D eigenvalue weighted by molar-refractivity contribution is 6.09. The van der Waals surface area contributed by atoms with E-state index in [1.807, 2.05) is 0 Å². The van der Waals surface area contributed by atoms with Crippen LogP contribution < -0.4 is 4.74 Å². The van der Waals surface area contributed by atoms with E-state index in [1.165, 1.54) is 45.7 Å². The first-order chi connectivity index (χ1) is 18.5. The summed E-state index contributed by atoms with van der Waals surface area (Å²) < 4.78 is 6.79. The van der Waals surface area contributed by atoms with Gasteiger partial charge in [-0.2, -0.15) is 0 Å². The van der Waals surface area contributed by atoms with Gasteiger partial charge in [0.25, 0.3) is 0 Å². The summed E-state index contributed by atoms with van der Waals surface area (Å²) in [4.78, 5) is 6.46. The van der Waals surface area contributed by atoms with Crippen molar-refractivity contribution in [1.29, 1.82) is 0 Å². The zero-order valence-corrected chi connectivity index (χ0v) is 21.9. The zero-order valence-electron chi connectivity index (χ0n) is 21.9. The maximum Gasteiger partial charge on any atom is 0.166 e. The van der Waals surface area contributed by atoms with Crippen LogP contribution in [0.4, 0.5) is 0 Å². The van der Waals surface area contributed by atoms with E-state index in [9.17, 15) is 10.2 Å². The average molecular weight is 507 g/mol. The lowest BCUT2D eigenvalue weighted by Crippen LogP contribution is -2.74. The van der Waals surface area contributed by atoms with Gasteiger partial charge in [-0.05, 0) is 78.8 Å². The maximum atomic E-state index is 13.1. The van der Waals surface area contributed by atoms with Gasteiger partial charge in [0, 0.05) is 35.3 Å². The number of aromatic amines is 1. The lowest BCUT2D eigenvalue weighted by Gasteiger charge is -2.62. The standard InChI is InChI=1S/C33H34N2O3/c1-2-5-19-14-23-24-16-33(37)26-15-20-10-11-25(36)30-27(20)32(33,12-13-35(26)17-18-8-9-18)31(38-30)29(24)34-28(23)22-7-4-3-6-21(19)22/h3-4,6-7,10-11,14,18,26,31,34,36-37H,2,5,8-9,12-13,15-17H2,1H3/t26-,31+,32+,33-/m1/s1. The summed E-state index contributed by atoms with van der Waals surface area (Å²) >= 11 is 0. The molecule has 9 rings (SSSR count). The normalized spacial score (nSPS) is 30.9. The van der Waals surface area contributed by atoms with Crippen LogP contribution in [0, 0.1) is 5.92 Å². The molecule has 1 spiro atoms. The molecule has 0 radical (unpaired) electrons. The number of aryl methyl sites for hydroxylation is 1. The van der Waals surface area contributed by atoms with Gasteiger partial charge in [0.1, 0.15) is 0 Å². The Kier molecular flexibility index (Phi) is 4.10. The van der Waals surface area contributed by atoms with Crippen molar-refractivity contribution in [2.24, 2.45) is 5.92 Å². The number of hydrogen-bond acceptors (Lipinski definition) is 4. The second-order valence-corrected chi connectivity index (χ2v) is 12.7. The molecule has 5 aliphatic rings. The number of H-pyrrole nitrogens is 1. The number of benzene rings is 3. The summed E-state index contributed by atoms with van der Waals surface area (Å²) in [6.07, 6.45) is 6.70. The Hall–Kier alpha value is -3.02.